The van der Waals surface area contributed by atoms with E-state index in [1.165, 1.54) is 32.7 Å². The van der Waals surface area contributed by atoms with Crippen molar-refractivity contribution < 1.29 is 0 Å². The van der Waals surface area contributed by atoms with E-state index in [1.807, 2.05) is 11.3 Å². The molecule has 0 amide bonds. The van der Waals surface area contributed by atoms with E-state index in [4.69, 9.17) is 0 Å². The Morgan fingerprint density at radius 3 is 2.53 bits per heavy atom. The lowest BCUT2D eigenvalue weighted by Crippen LogP contribution is -1.84. The van der Waals surface area contributed by atoms with Crippen molar-refractivity contribution >= 4 is 34.6 Å². The third-order valence-corrected chi connectivity index (χ3v) is 4.24. The van der Waals surface area contributed by atoms with E-state index in [2.05, 4.69) is 60.0 Å². The Balaban J connectivity index is 2.00. The van der Waals surface area contributed by atoms with Crippen molar-refractivity contribution in [1.82, 2.24) is 0 Å². The van der Waals surface area contributed by atoms with Gasteiger partial charge < -0.3 is 0 Å². The van der Waals surface area contributed by atoms with Crippen molar-refractivity contribution in [1.29, 1.82) is 0 Å². The van der Waals surface area contributed by atoms with Gasteiger partial charge in [-0.1, -0.05) is 42.5 Å². The molecule has 0 fully saturated rings. The molecule has 0 nitrogen and oxygen atoms in total. The first kappa shape index (κ1) is 9.20. The summed E-state index contributed by atoms with van der Waals surface area (Å²) in [7, 11) is 0. The monoisotopic (exact) mass is 234 g/mol. The van der Waals surface area contributed by atoms with Crippen molar-refractivity contribution in [2.24, 2.45) is 0 Å². The molecular weight excluding hydrogens is 224 g/mol. The summed E-state index contributed by atoms with van der Waals surface area (Å²) in [6.07, 6.45) is 8.90. The lowest BCUT2D eigenvalue weighted by atomic mass is 9.99. The fourth-order valence-electron chi connectivity index (χ4n) is 2.54. The summed E-state index contributed by atoms with van der Waals surface area (Å²) in [6, 6.07) is 10.8. The van der Waals surface area contributed by atoms with Gasteiger partial charge in [-0.3, -0.25) is 0 Å². The zero-order valence-electron chi connectivity index (χ0n) is 9.18. The summed E-state index contributed by atoms with van der Waals surface area (Å²) in [5, 5.41) is 2.17. The fourth-order valence-corrected chi connectivity index (χ4v) is 3.34. The minimum Gasteiger partial charge on any atom is -0.144 e. The molecule has 0 spiro atoms. The summed E-state index contributed by atoms with van der Waals surface area (Å²) >= 11 is 1.81. The topological polar surface area (TPSA) is 0 Å². The van der Waals surface area contributed by atoms with Crippen LogP contribution in [0, 0.1) is 0 Å². The van der Waals surface area contributed by atoms with Crippen LogP contribution in [0.15, 0.2) is 47.9 Å². The van der Waals surface area contributed by atoms with Gasteiger partial charge in [0.1, 0.15) is 0 Å². The Morgan fingerprint density at radius 1 is 0.706 bits per heavy atom. The smallest absolute Gasteiger partial charge is 0.0349 e. The molecule has 1 heterocycles. The summed E-state index contributed by atoms with van der Waals surface area (Å²) in [5.74, 6) is 0. The summed E-state index contributed by atoms with van der Waals surface area (Å²) in [5.41, 5.74) is 6.78. The van der Waals surface area contributed by atoms with Crippen LogP contribution in [-0.2, 0) is 0 Å². The molecule has 0 bridgehead atoms. The van der Waals surface area contributed by atoms with E-state index >= 15 is 0 Å². The van der Waals surface area contributed by atoms with E-state index in [1.54, 1.807) is 0 Å². The van der Waals surface area contributed by atoms with E-state index < -0.39 is 0 Å². The van der Waals surface area contributed by atoms with Crippen LogP contribution in [-0.4, -0.2) is 0 Å². The van der Waals surface area contributed by atoms with E-state index in [9.17, 15) is 0 Å². The maximum absolute atomic E-state index is 2.24. The third kappa shape index (κ3) is 1.23. The van der Waals surface area contributed by atoms with Gasteiger partial charge in [0, 0.05) is 10.4 Å². The number of hydrogen-bond acceptors (Lipinski definition) is 1. The molecule has 0 saturated heterocycles. The molecule has 0 N–H and O–H groups in total. The molecule has 17 heavy (non-hydrogen) atoms. The first-order valence-electron chi connectivity index (χ1n) is 5.71. The Hall–Kier alpha value is -1.86. The third-order valence-electron chi connectivity index (χ3n) is 3.36. The second-order valence-corrected chi connectivity index (χ2v) is 5.23. The van der Waals surface area contributed by atoms with Crippen LogP contribution in [0.2, 0.25) is 0 Å². The van der Waals surface area contributed by atoms with Crippen molar-refractivity contribution in [3.05, 3.63) is 69.4 Å². The van der Waals surface area contributed by atoms with Gasteiger partial charge in [-0.05, 0) is 39.8 Å². The molecule has 1 aromatic heterocycles. The Bertz CT molecular complexity index is 696. The quantitative estimate of drug-likeness (QED) is 0.619. The molecule has 2 aliphatic carbocycles. The van der Waals surface area contributed by atoms with Crippen LogP contribution in [0.25, 0.3) is 23.3 Å². The molecule has 0 saturated carbocycles. The fraction of sp³-hybridized carbons (Fsp3) is 0. The van der Waals surface area contributed by atoms with Gasteiger partial charge in [-0.2, -0.15) is 0 Å². The lowest BCUT2D eigenvalue weighted by molar-refractivity contribution is 1.61. The molecule has 4 rings (SSSR count). The van der Waals surface area contributed by atoms with Crippen LogP contribution >= 0.6 is 11.3 Å². The van der Waals surface area contributed by atoms with Crippen LogP contribution in [0.5, 0.6) is 0 Å². The minimum absolute atomic E-state index is 1.33. The largest absolute Gasteiger partial charge is 0.144 e. The molecule has 2 aromatic rings. The Morgan fingerprint density at radius 2 is 1.53 bits per heavy atom. The summed E-state index contributed by atoms with van der Waals surface area (Å²) in [6.45, 7) is 0. The molecule has 0 radical (unpaired) electrons. The second-order valence-electron chi connectivity index (χ2n) is 4.28. The van der Waals surface area contributed by atoms with Crippen molar-refractivity contribution in [2.45, 2.75) is 0 Å². The van der Waals surface area contributed by atoms with E-state index in [0.717, 1.165) is 0 Å². The molecule has 1 heteroatoms. The van der Waals surface area contributed by atoms with Crippen LogP contribution < -0.4 is 0 Å². The number of benzene rings is 1. The molecule has 80 valence electrons. The average molecular weight is 234 g/mol. The van der Waals surface area contributed by atoms with Crippen LogP contribution in [0.1, 0.15) is 21.6 Å². The van der Waals surface area contributed by atoms with Crippen molar-refractivity contribution in [2.75, 3.05) is 0 Å². The van der Waals surface area contributed by atoms with Gasteiger partial charge in [0.2, 0.25) is 0 Å². The minimum atomic E-state index is 1.33. The van der Waals surface area contributed by atoms with Gasteiger partial charge in [0.25, 0.3) is 0 Å². The second kappa shape index (κ2) is 3.31. The number of hydrogen-bond donors (Lipinski definition) is 0. The Kier molecular flexibility index (Phi) is 1.79. The number of allylic oxidation sites excluding steroid dienone is 4. The molecule has 0 aliphatic heterocycles. The summed E-state index contributed by atoms with van der Waals surface area (Å²) < 4.78 is 0. The summed E-state index contributed by atoms with van der Waals surface area (Å²) in [4.78, 5) is 1.38. The lowest BCUT2D eigenvalue weighted by Gasteiger charge is -2.04. The van der Waals surface area contributed by atoms with Crippen LogP contribution in [0.4, 0.5) is 0 Å². The standard InChI is InChI=1S/C16H10S/c1-2-4-12-11(3-1)5-6-13(12)14-7-8-16-15(14)9-10-17-16/h1-10H/b14-13-. The number of fused-ring (bicyclic) bond motifs is 2. The average Bonchev–Trinajstić information content (AvgIpc) is 3.02. The normalized spacial score (nSPS) is 19.8. The van der Waals surface area contributed by atoms with Gasteiger partial charge in [-0.15, -0.1) is 11.3 Å². The first-order chi connectivity index (χ1) is 8.43. The zero-order chi connectivity index (χ0) is 11.2. The van der Waals surface area contributed by atoms with Crippen molar-refractivity contribution in [3.8, 4) is 0 Å². The maximum atomic E-state index is 2.24. The predicted molar refractivity (Wildman–Crippen MR) is 75.6 cm³/mol. The van der Waals surface area contributed by atoms with Crippen molar-refractivity contribution in [3.63, 3.8) is 0 Å². The molecule has 0 atom stereocenters. The highest BCUT2D eigenvalue weighted by Crippen LogP contribution is 2.41. The van der Waals surface area contributed by atoms with Crippen LogP contribution in [0.3, 0.4) is 0 Å². The van der Waals surface area contributed by atoms with E-state index in [0.29, 0.717) is 0 Å². The van der Waals surface area contributed by atoms with Gasteiger partial charge in [0.05, 0.1) is 0 Å². The highest BCUT2D eigenvalue weighted by Gasteiger charge is 2.19. The predicted octanol–water partition coefficient (Wildman–Crippen LogP) is 4.71. The highest BCUT2D eigenvalue weighted by molar-refractivity contribution is 7.11. The zero-order valence-corrected chi connectivity index (χ0v) is 10.00. The van der Waals surface area contributed by atoms with E-state index in [-0.39, 0.29) is 0 Å². The number of thiophene rings is 1. The molecule has 1 aromatic carbocycles. The highest BCUT2D eigenvalue weighted by atomic mass is 32.1. The SMILES string of the molecule is C1=Cc2ccccc2/C1=C1/C=Cc2sccc21. The Labute approximate surface area is 104 Å². The molecular formula is C16H10S. The molecule has 2 aliphatic rings. The maximum Gasteiger partial charge on any atom is 0.0349 e. The van der Waals surface area contributed by atoms with Gasteiger partial charge in [-0.25, -0.2) is 0 Å². The van der Waals surface area contributed by atoms with Gasteiger partial charge in [0.15, 0.2) is 0 Å². The van der Waals surface area contributed by atoms with Gasteiger partial charge >= 0.3 is 0 Å². The molecule has 0 unspecified atom stereocenters. The first-order valence-corrected chi connectivity index (χ1v) is 6.59. The number of rotatable bonds is 0.